The van der Waals surface area contributed by atoms with Crippen LogP contribution < -0.4 is 5.32 Å². The van der Waals surface area contributed by atoms with Crippen molar-refractivity contribution in [2.75, 3.05) is 18.5 Å². The third-order valence-electron chi connectivity index (χ3n) is 4.64. The van der Waals surface area contributed by atoms with Crippen molar-refractivity contribution >= 4 is 40.7 Å². The summed E-state index contributed by atoms with van der Waals surface area (Å²) in [7, 11) is 0. The van der Waals surface area contributed by atoms with Crippen LogP contribution in [0.2, 0.25) is 10.0 Å². The van der Waals surface area contributed by atoms with Crippen molar-refractivity contribution in [1.29, 1.82) is 0 Å². The van der Waals surface area contributed by atoms with Crippen molar-refractivity contribution < 1.29 is 14.3 Å². The van der Waals surface area contributed by atoms with Gasteiger partial charge in [0.05, 0.1) is 17.2 Å². The zero-order chi connectivity index (χ0) is 20.1. The number of nitrogens with zero attached hydrogens (tertiary/aromatic N) is 1. The molecule has 1 N–H and O–H groups in total. The highest BCUT2D eigenvalue weighted by molar-refractivity contribution is 6.35. The molecule has 2 aromatic rings. The second-order valence-corrected chi connectivity index (χ2v) is 7.45. The first kappa shape index (κ1) is 20.6. The molecule has 1 unspecified atom stereocenters. The predicted octanol–water partition coefficient (Wildman–Crippen LogP) is 4.77. The van der Waals surface area contributed by atoms with Gasteiger partial charge in [-0.25, -0.2) is 0 Å². The fourth-order valence-electron chi connectivity index (χ4n) is 3.28. The van der Waals surface area contributed by atoms with Crippen molar-refractivity contribution in [3.63, 3.8) is 0 Å². The first-order chi connectivity index (χ1) is 13.5. The third kappa shape index (κ3) is 4.85. The number of carbonyl (C=O) groups excluding carboxylic acids is 2. The molecule has 2 aromatic carbocycles. The van der Waals surface area contributed by atoms with Gasteiger partial charge in [0.1, 0.15) is 6.04 Å². The number of likely N-dealkylation sites (tertiary alicyclic amines) is 1. The average molecular weight is 421 g/mol. The van der Waals surface area contributed by atoms with Crippen LogP contribution >= 0.6 is 23.2 Å². The smallest absolute Gasteiger partial charge is 0.256 e. The molecule has 2 amide bonds. The SMILES string of the molecule is CCOCc1cccc(NC(=O)C2CCCN2C(=O)c2cc(Cl)ccc2Cl)c1. The van der Waals surface area contributed by atoms with Gasteiger partial charge < -0.3 is 15.0 Å². The summed E-state index contributed by atoms with van der Waals surface area (Å²) >= 11 is 12.2. The monoisotopic (exact) mass is 420 g/mol. The Hall–Kier alpha value is -2.08. The van der Waals surface area contributed by atoms with E-state index in [2.05, 4.69) is 5.32 Å². The Labute approximate surface area is 174 Å². The highest BCUT2D eigenvalue weighted by Crippen LogP contribution is 2.27. The lowest BCUT2D eigenvalue weighted by molar-refractivity contribution is -0.119. The second-order valence-electron chi connectivity index (χ2n) is 6.61. The number of nitrogens with one attached hydrogen (secondary N) is 1. The van der Waals surface area contributed by atoms with Crippen LogP contribution in [0.25, 0.3) is 0 Å². The Morgan fingerprint density at radius 2 is 2.04 bits per heavy atom. The quantitative estimate of drug-likeness (QED) is 0.731. The number of ether oxygens (including phenoxy) is 1. The van der Waals surface area contributed by atoms with Gasteiger partial charge in [-0.15, -0.1) is 0 Å². The molecule has 0 saturated carbocycles. The molecule has 1 aliphatic rings. The highest BCUT2D eigenvalue weighted by Gasteiger charge is 2.35. The predicted molar refractivity (Wildman–Crippen MR) is 111 cm³/mol. The standard InChI is InChI=1S/C21H22Cl2N2O3/c1-2-28-13-14-5-3-6-16(11-14)24-20(26)19-7-4-10-25(19)21(27)17-12-15(22)8-9-18(17)23/h3,5-6,8-9,11-12,19H,2,4,7,10,13H2,1H3,(H,24,26). The van der Waals surface area contributed by atoms with Gasteiger partial charge in [-0.3, -0.25) is 9.59 Å². The van der Waals surface area contributed by atoms with E-state index >= 15 is 0 Å². The van der Waals surface area contributed by atoms with E-state index in [0.29, 0.717) is 47.5 Å². The van der Waals surface area contributed by atoms with E-state index in [1.165, 1.54) is 6.07 Å². The van der Waals surface area contributed by atoms with Crippen LogP contribution in [0, 0.1) is 0 Å². The average Bonchev–Trinajstić information content (AvgIpc) is 3.18. The Kier molecular flexibility index (Phi) is 6.94. The summed E-state index contributed by atoms with van der Waals surface area (Å²) in [5.74, 6) is -0.493. The normalized spacial score (nSPS) is 16.2. The van der Waals surface area contributed by atoms with Crippen molar-refractivity contribution in [1.82, 2.24) is 4.90 Å². The highest BCUT2D eigenvalue weighted by atomic mass is 35.5. The summed E-state index contributed by atoms with van der Waals surface area (Å²) in [5, 5.41) is 3.67. The van der Waals surface area contributed by atoms with Gasteiger partial charge in [0.15, 0.2) is 0 Å². The molecule has 1 atom stereocenters. The number of hydrogen-bond donors (Lipinski definition) is 1. The zero-order valence-corrected chi connectivity index (χ0v) is 17.1. The number of anilines is 1. The Morgan fingerprint density at radius 3 is 2.82 bits per heavy atom. The van der Waals surface area contributed by atoms with Gasteiger partial charge in [0.25, 0.3) is 5.91 Å². The summed E-state index contributed by atoms with van der Waals surface area (Å²) in [4.78, 5) is 27.4. The lowest BCUT2D eigenvalue weighted by Crippen LogP contribution is -2.43. The lowest BCUT2D eigenvalue weighted by Gasteiger charge is -2.24. The summed E-state index contributed by atoms with van der Waals surface area (Å²) in [6.07, 6.45) is 1.36. The molecule has 28 heavy (non-hydrogen) atoms. The number of rotatable bonds is 6. The number of hydrogen-bond acceptors (Lipinski definition) is 3. The molecule has 0 spiro atoms. The van der Waals surface area contributed by atoms with Crippen LogP contribution in [0.1, 0.15) is 35.7 Å². The van der Waals surface area contributed by atoms with Gasteiger partial charge in [-0.2, -0.15) is 0 Å². The molecule has 3 rings (SSSR count). The Bertz CT molecular complexity index is 872. The van der Waals surface area contributed by atoms with Crippen LogP contribution in [-0.2, 0) is 16.1 Å². The van der Waals surface area contributed by atoms with Crippen molar-refractivity contribution in [2.45, 2.75) is 32.4 Å². The molecule has 5 nitrogen and oxygen atoms in total. The molecule has 0 aromatic heterocycles. The summed E-state index contributed by atoms with van der Waals surface area (Å²) < 4.78 is 5.41. The van der Waals surface area contributed by atoms with Crippen LogP contribution in [0.4, 0.5) is 5.69 Å². The minimum Gasteiger partial charge on any atom is -0.377 e. The topological polar surface area (TPSA) is 58.6 Å². The molecule has 7 heteroatoms. The Morgan fingerprint density at radius 1 is 1.21 bits per heavy atom. The van der Waals surface area contributed by atoms with Gasteiger partial charge in [0.2, 0.25) is 5.91 Å². The maximum atomic E-state index is 12.9. The maximum absolute atomic E-state index is 12.9. The van der Waals surface area contributed by atoms with Crippen LogP contribution in [0.5, 0.6) is 0 Å². The summed E-state index contributed by atoms with van der Waals surface area (Å²) in [6, 6.07) is 11.7. The second kappa shape index (κ2) is 9.41. The van der Waals surface area contributed by atoms with Crippen LogP contribution in [0.15, 0.2) is 42.5 Å². The molecule has 0 bridgehead atoms. The van der Waals surface area contributed by atoms with Crippen molar-refractivity contribution in [2.24, 2.45) is 0 Å². The van der Waals surface area contributed by atoms with E-state index < -0.39 is 6.04 Å². The fraction of sp³-hybridized carbons (Fsp3) is 0.333. The van der Waals surface area contributed by atoms with Crippen LogP contribution in [-0.4, -0.2) is 35.9 Å². The summed E-state index contributed by atoms with van der Waals surface area (Å²) in [6.45, 7) is 3.55. The first-order valence-electron chi connectivity index (χ1n) is 9.23. The third-order valence-corrected chi connectivity index (χ3v) is 5.21. The molecular formula is C21H22Cl2N2O3. The fourth-order valence-corrected chi connectivity index (χ4v) is 3.65. The van der Waals surface area contributed by atoms with E-state index in [1.807, 2.05) is 31.2 Å². The number of benzene rings is 2. The minimum atomic E-state index is -0.543. The van der Waals surface area contributed by atoms with E-state index in [-0.39, 0.29) is 11.8 Å². The number of amides is 2. The van der Waals surface area contributed by atoms with Gasteiger partial charge >= 0.3 is 0 Å². The molecule has 148 valence electrons. The molecule has 1 aliphatic heterocycles. The van der Waals surface area contributed by atoms with Gasteiger partial charge in [-0.1, -0.05) is 35.3 Å². The lowest BCUT2D eigenvalue weighted by atomic mass is 10.1. The molecule has 1 fully saturated rings. The number of halogens is 2. The molecule has 1 saturated heterocycles. The van der Waals surface area contributed by atoms with Gasteiger partial charge in [-0.05, 0) is 55.7 Å². The Balaban J connectivity index is 1.73. The van der Waals surface area contributed by atoms with E-state index in [0.717, 1.165) is 12.0 Å². The first-order valence-corrected chi connectivity index (χ1v) is 9.98. The van der Waals surface area contributed by atoms with Crippen molar-refractivity contribution in [3.8, 4) is 0 Å². The molecular weight excluding hydrogens is 399 g/mol. The minimum absolute atomic E-state index is 0.211. The van der Waals surface area contributed by atoms with Crippen LogP contribution in [0.3, 0.4) is 0 Å². The largest absolute Gasteiger partial charge is 0.377 e. The van der Waals surface area contributed by atoms with E-state index in [1.54, 1.807) is 17.0 Å². The molecule has 0 radical (unpaired) electrons. The van der Waals surface area contributed by atoms with E-state index in [9.17, 15) is 9.59 Å². The van der Waals surface area contributed by atoms with Gasteiger partial charge in [0, 0.05) is 23.9 Å². The molecule has 0 aliphatic carbocycles. The number of carbonyl (C=O) groups is 2. The maximum Gasteiger partial charge on any atom is 0.256 e. The molecule has 1 heterocycles. The van der Waals surface area contributed by atoms with Crippen molar-refractivity contribution in [3.05, 3.63) is 63.6 Å². The summed E-state index contributed by atoms with van der Waals surface area (Å²) in [5.41, 5.74) is 1.97. The zero-order valence-electron chi connectivity index (χ0n) is 15.6. The van der Waals surface area contributed by atoms with E-state index in [4.69, 9.17) is 27.9 Å².